The highest BCUT2D eigenvalue weighted by Gasteiger charge is 2.20. The number of para-hydroxylation sites is 1. The lowest BCUT2D eigenvalue weighted by molar-refractivity contribution is 0.318. The van der Waals surface area contributed by atoms with Gasteiger partial charge in [-0.05, 0) is 30.9 Å². The van der Waals surface area contributed by atoms with Crippen molar-refractivity contribution in [2.45, 2.75) is 25.7 Å². The van der Waals surface area contributed by atoms with E-state index in [4.69, 9.17) is 18.0 Å². The van der Waals surface area contributed by atoms with Crippen LogP contribution in [0.5, 0.6) is 0 Å². The first-order chi connectivity index (χ1) is 8.25. The molecule has 0 heterocycles. The SMILES string of the molecule is NC(=S)CCN(CC1CCC1)c1ccccc1. The molecule has 0 radical (unpaired) electrons. The molecule has 1 aliphatic carbocycles. The minimum atomic E-state index is 0.611. The molecular weight excluding hydrogens is 228 g/mol. The van der Waals surface area contributed by atoms with Gasteiger partial charge in [-0.3, -0.25) is 0 Å². The van der Waals surface area contributed by atoms with Crippen molar-refractivity contribution in [2.75, 3.05) is 18.0 Å². The third-order valence-electron chi connectivity index (χ3n) is 3.45. The fourth-order valence-corrected chi connectivity index (χ4v) is 2.29. The Kier molecular flexibility index (Phi) is 4.37. The lowest BCUT2D eigenvalue weighted by Gasteiger charge is -2.33. The monoisotopic (exact) mass is 248 g/mol. The Morgan fingerprint density at radius 3 is 2.53 bits per heavy atom. The molecule has 1 saturated carbocycles. The summed E-state index contributed by atoms with van der Waals surface area (Å²) in [6.07, 6.45) is 4.94. The van der Waals surface area contributed by atoms with Gasteiger partial charge in [0.05, 0.1) is 4.99 Å². The van der Waals surface area contributed by atoms with Gasteiger partial charge in [0.2, 0.25) is 0 Å². The highest BCUT2D eigenvalue weighted by Crippen LogP contribution is 2.28. The maximum absolute atomic E-state index is 5.60. The van der Waals surface area contributed by atoms with E-state index in [1.54, 1.807) is 0 Å². The fourth-order valence-electron chi connectivity index (χ4n) is 2.20. The third kappa shape index (κ3) is 3.70. The predicted molar refractivity (Wildman–Crippen MR) is 77.4 cm³/mol. The van der Waals surface area contributed by atoms with Crippen LogP contribution in [0.2, 0.25) is 0 Å². The van der Waals surface area contributed by atoms with Crippen molar-refractivity contribution in [2.24, 2.45) is 11.7 Å². The zero-order chi connectivity index (χ0) is 12.1. The zero-order valence-corrected chi connectivity index (χ0v) is 11.0. The van der Waals surface area contributed by atoms with Gasteiger partial charge in [-0.25, -0.2) is 0 Å². The highest BCUT2D eigenvalue weighted by atomic mass is 32.1. The van der Waals surface area contributed by atoms with E-state index in [1.807, 2.05) is 0 Å². The van der Waals surface area contributed by atoms with Crippen LogP contribution in [0.4, 0.5) is 5.69 Å². The molecule has 0 aromatic heterocycles. The van der Waals surface area contributed by atoms with Crippen LogP contribution < -0.4 is 10.6 Å². The fraction of sp³-hybridized carbons (Fsp3) is 0.500. The minimum Gasteiger partial charge on any atom is -0.393 e. The molecule has 1 aromatic rings. The molecule has 1 aliphatic rings. The Hall–Kier alpha value is -1.09. The summed E-state index contributed by atoms with van der Waals surface area (Å²) in [5, 5.41) is 0. The molecule has 3 heteroatoms. The molecule has 17 heavy (non-hydrogen) atoms. The maximum atomic E-state index is 5.60. The largest absolute Gasteiger partial charge is 0.393 e. The van der Waals surface area contributed by atoms with Gasteiger partial charge in [0, 0.05) is 25.2 Å². The second-order valence-corrected chi connectivity index (χ2v) is 5.32. The normalized spacial score (nSPS) is 15.3. The van der Waals surface area contributed by atoms with E-state index in [-0.39, 0.29) is 0 Å². The van der Waals surface area contributed by atoms with Crippen molar-refractivity contribution in [3.63, 3.8) is 0 Å². The van der Waals surface area contributed by atoms with E-state index >= 15 is 0 Å². The number of hydrogen-bond acceptors (Lipinski definition) is 2. The number of thiocarbonyl (C=S) groups is 1. The Bertz CT molecular complexity index is 360. The van der Waals surface area contributed by atoms with Crippen molar-refractivity contribution >= 4 is 22.9 Å². The van der Waals surface area contributed by atoms with Crippen molar-refractivity contribution in [1.82, 2.24) is 0 Å². The summed E-state index contributed by atoms with van der Waals surface area (Å²) >= 11 is 4.97. The third-order valence-corrected chi connectivity index (χ3v) is 3.66. The van der Waals surface area contributed by atoms with E-state index in [2.05, 4.69) is 35.2 Å². The summed E-state index contributed by atoms with van der Waals surface area (Å²) in [4.78, 5) is 3.03. The molecule has 0 bridgehead atoms. The molecule has 92 valence electrons. The van der Waals surface area contributed by atoms with Crippen LogP contribution in [0.1, 0.15) is 25.7 Å². The van der Waals surface area contributed by atoms with Gasteiger partial charge in [-0.2, -0.15) is 0 Å². The van der Waals surface area contributed by atoms with Gasteiger partial charge in [-0.1, -0.05) is 36.8 Å². The van der Waals surface area contributed by atoms with E-state index in [0.29, 0.717) is 4.99 Å². The Balaban J connectivity index is 1.98. The van der Waals surface area contributed by atoms with E-state index < -0.39 is 0 Å². The lowest BCUT2D eigenvalue weighted by Crippen LogP contribution is -2.34. The molecule has 0 saturated heterocycles. The van der Waals surface area contributed by atoms with Crippen LogP contribution in [-0.2, 0) is 0 Å². The van der Waals surface area contributed by atoms with Gasteiger partial charge in [0.15, 0.2) is 0 Å². The first-order valence-electron chi connectivity index (χ1n) is 6.34. The standard InChI is InChI=1S/C14H20N2S/c15-14(17)9-10-16(11-12-5-4-6-12)13-7-2-1-3-8-13/h1-3,7-8,12H,4-6,9-11H2,(H2,15,17). The van der Waals surface area contributed by atoms with Gasteiger partial charge in [0.1, 0.15) is 0 Å². The van der Waals surface area contributed by atoms with Crippen LogP contribution in [0.15, 0.2) is 30.3 Å². The number of nitrogens with zero attached hydrogens (tertiary/aromatic N) is 1. The molecule has 0 unspecified atom stereocenters. The molecule has 0 atom stereocenters. The number of rotatable bonds is 6. The van der Waals surface area contributed by atoms with Gasteiger partial charge < -0.3 is 10.6 Å². The molecule has 2 N–H and O–H groups in total. The molecule has 1 aromatic carbocycles. The van der Waals surface area contributed by atoms with Crippen LogP contribution in [-0.4, -0.2) is 18.1 Å². The van der Waals surface area contributed by atoms with Crippen LogP contribution in [0.25, 0.3) is 0 Å². The summed E-state index contributed by atoms with van der Waals surface area (Å²) in [7, 11) is 0. The highest BCUT2D eigenvalue weighted by molar-refractivity contribution is 7.80. The summed E-state index contributed by atoms with van der Waals surface area (Å²) in [6.45, 7) is 2.09. The topological polar surface area (TPSA) is 29.3 Å². The second-order valence-electron chi connectivity index (χ2n) is 4.79. The minimum absolute atomic E-state index is 0.611. The Morgan fingerprint density at radius 1 is 1.29 bits per heavy atom. The molecule has 1 fully saturated rings. The van der Waals surface area contributed by atoms with Crippen LogP contribution >= 0.6 is 12.2 Å². The van der Waals surface area contributed by atoms with E-state index in [0.717, 1.165) is 25.4 Å². The number of nitrogens with two attached hydrogens (primary N) is 1. The van der Waals surface area contributed by atoms with Crippen molar-refractivity contribution in [3.05, 3.63) is 30.3 Å². The summed E-state index contributed by atoms with van der Waals surface area (Å²) in [6, 6.07) is 10.6. The summed E-state index contributed by atoms with van der Waals surface area (Å²) < 4.78 is 0. The molecule has 2 nitrogen and oxygen atoms in total. The smallest absolute Gasteiger partial charge is 0.0745 e. The first-order valence-corrected chi connectivity index (χ1v) is 6.75. The molecule has 0 spiro atoms. The maximum Gasteiger partial charge on any atom is 0.0745 e. The quantitative estimate of drug-likeness (QED) is 0.785. The second kappa shape index (κ2) is 6.01. The number of hydrogen-bond donors (Lipinski definition) is 1. The van der Waals surface area contributed by atoms with E-state index in [9.17, 15) is 0 Å². The van der Waals surface area contributed by atoms with Crippen molar-refractivity contribution in [1.29, 1.82) is 0 Å². The molecule has 0 aliphatic heterocycles. The lowest BCUT2D eigenvalue weighted by atomic mass is 9.85. The Morgan fingerprint density at radius 2 is 2.00 bits per heavy atom. The molecular formula is C14H20N2S. The average Bonchev–Trinajstić information content (AvgIpc) is 2.27. The Labute approximate surface area is 109 Å². The van der Waals surface area contributed by atoms with Gasteiger partial charge in [-0.15, -0.1) is 0 Å². The summed E-state index contributed by atoms with van der Waals surface area (Å²) in [5.74, 6) is 0.863. The number of benzene rings is 1. The van der Waals surface area contributed by atoms with Crippen LogP contribution in [0.3, 0.4) is 0 Å². The van der Waals surface area contributed by atoms with Crippen molar-refractivity contribution < 1.29 is 0 Å². The van der Waals surface area contributed by atoms with Gasteiger partial charge in [0.25, 0.3) is 0 Å². The van der Waals surface area contributed by atoms with Crippen molar-refractivity contribution in [3.8, 4) is 0 Å². The number of anilines is 1. The zero-order valence-electron chi connectivity index (χ0n) is 10.1. The van der Waals surface area contributed by atoms with Gasteiger partial charge >= 0.3 is 0 Å². The van der Waals surface area contributed by atoms with Crippen LogP contribution in [0, 0.1) is 5.92 Å². The predicted octanol–water partition coefficient (Wildman–Crippen LogP) is 2.97. The first kappa shape index (κ1) is 12.4. The average molecular weight is 248 g/mol. The molecule has 2 rings (SSSR count). The summed E-state index contributed by atoms with van der Waals surface area (Å²) in [5.41, 5.74) is 6.89. The molecule has 0 amide bonds. The van der Waals surface area contributed by atoms with E-state index in [1.165, 1.54) is 24.9 Å².